The molecule has 1 unspecified atom stereocenters. The summed E-state index contributed by atoms with van der Waals surface area (Å²) in [5.41, 5.74) is 1.08. The Morgan fingerprint density at radius 3 is 2.60 bits per heavy atom. The maximum Gasteiger partial charge on any atom is 0.227 e. The molecule has 0 heterocycles. The van der Waals surface area contributed by atoms with E-state index in [0.717, 1.165) is 24.9 Å². The molecule has 0 aliphatic rings. The van der Waals surface area contributed by atoms with Crippen molar-refractivity contribution in [3.63, 3.8) is 0 Å². The van der Waals surface area contributed by atoms with Gasteiger partial charge in [0.15, 0.2) is 0 Å². The second kappa shape index (κ2) is 6.23. The second-order valence-corrected chi connectivity index (χ2v) is 3.78. The Balaban J connectivity index is 2.46. The van der Waals surface area contributed by atoms with Crippen LogP contribution in [0.2, 0.25) is 0 Å². The minimum absolute atomic E-state index is 0.0527. The van der Waals surface area contributed by atoms with Crippen LogP contribution in [0.4, 0.5) is 0 Å². The largest absolute Gasteiger partial charge is 0.356 e. The molecule has 1 N–H and O–H groups in total. The minimum atomic E-state index is -0.0527. The van der Waals surface area contributed by atoms with Crippen molar-refractivity contribution >= 4 is 5.91 Å². The molecule has 1 atom stereocenters. The van der Waals surface area contributed by atoms with Crippen molar-refractivity contribution in [3.8, 4) is 0 Å². The number of rotatable bonds is 5. The molecular weight excluding hydrogens is 186 g/mol. The molecule has 1 aromatic rings. The molecule has 1 rings (SSSR count). The Bertz CT molecular complexity index is 295. The summed E-state index contributed by atoms with van der Waals surface area (Å²) in [7, 11) is 0. The zero-order chi connectivity index (χ0) is 11.1. The third-order valence-electron chi connectivity index (χ3n) is 2.52. The first kappa shape index (κ1) is 11.8. The van der Waals surface area contributed by atoms with E-state index in [-0.39, 0.29) is 11.8 Å². The quantitative estimate of drug-likeness (QED) is 0.736. The molecule has 0 radical (unpaired) electrons. The summed E-state index contributed by atoms with van der Waals surface area (Å²) in [6, 6.07) is 9.87. The van der Waals surface area contributed by atoms with Gasteiger partial charge in [-0.2, -0.15) is 0 Å². The van der Waals surface area contributed by atoms with Crippen molar-refractivity contribution in [1.82, 2.24) is 5.32 Å². The first-order chi connectivity index (χ1) is 7.25. The van der Waals surface area contributed by atoms with Crippen LogP contribution in [-0.2, 0) is 4.79 Å². The first-order valence-corrected chi connectivity index (χ1v) is 5.58. The summed E-state index contributed by atoms with van der Waals surface area (Å²) in [6.45, 7) is 4.84. The van der Waals surface area contributed by atoms with E-state index >= 15 is 0 Å². The molecule has 0 aliphatic heterocycles. The highest BCUT2D eigenvalue weighted by molar-refractivity contribution is 5.83. The van der Waals surface area contributed by atoms with Crippen LogP contribution in [0.1, 0.15) is 38.2 Å². The average molecular weight is 205 g/mol. The van der Waals surface area contributed by atoms with Gasteiger partial charge in [0.1, 0.15) is 0 Å². The molecule has 0 fully saturated rings. The summed E-state index contributed by atoms with van der Waals surface area (Å²) in [5.74, 6) is 0.0673. The molecule has 1 amide bonds. The Labute approximate surface area is 91.7 Å². The topological polar surface area (TPSA) is 29.1 Å². The second-order valence-electron chi connectivity index (χ2n) is 3.78. The highest BCUT2D eigenvalue weighted by atomic mass is 16.1. The van der Waals surface area contributed by atoms with Crippen LogP contribution in [0.3, 0.4) is 0 Å². The fourth-order valence-corrected chi connectivity index (χ4v) is 1.43. The van der Waals surface area contributed by atoms with Gasteiger partial charge in [-0.25, -0.2) is 0 Å². The molecule has 1 aromatic carbocycles. The van der Waals surface area contributed by atoms with Crippen molar-refractivity contribution in [3.05, 3.63) is 35.9 Å². The van der Waals surface area contributed by atoms with Crippen molar-refractivity contribution in [2.75, 3.05) is 6.54 Å². The maximum absolute atomic E-state index is 11.7. The molecule has 2 heteroatoms. The van der Waals surface area contributed by atoms with Crippen LogP contribution >= 0.6 is 0 Å². The highest BCUT2D eigenvalue weighted by Crippen LogP contribution is 2.14. The van der Waals surface area contributed by atoms with Crippen LogP contribution in [0.15, 0.2) is 30.3 Å². The van der Waals surface area contributed by atoms with E-state index in [1.165, 1.54) is 0 Å². The van der Waals surface area contributed by atoms with E-state index in [1.807, 2.05) is 37.3 Å². The lowest BCUT2D eigenvalue weighted by atomic mass is 10.0. The molecule has 82 valence electrons. The van der Waals surface area contributed by atoms with Gasteiger partial charge in [-0.15, -0.1) is 0 Å². The fraction of sp³-hybridized carbons (Fsp3) is 0.462. The zero-order valence-electron chi connectivity index (χ0n) is 9.49. The van der Waals surface area contributed by atoms with E-state index in [4.69, 9.17) is 0 Å². The molecule has 15 heavy (non-hydrogen) atoms. The Morgan fingerprint density at radius 1 is 1.33 bits per heavy atom. The van der Waals surface area contributed by atoms with Crippen LogP contribution in [0.5, 0.6) is 0 Å². The predicted octanol–water partition coefficient (Wildman–Crippen LogP) is 2.71. The van der Waals surface area contributed by atoms with E-state index < -0.39 is 0 Å². The third kappa shape index (κ3) is 3.74. The number of amides is 1. The first-order valence-electron chi connectivity index (χ1n) is 5.58. The van der Waals surface area contributed by atoms with Crippen LogP contribution in [-0.4, -0.2) is 12.5 Å². The normalized spacial score (nSPS) is 12.1. The molecule has 0 saturated carbocycles. The lowest BCUT2D eigenvalue weighted by Gasteiger charge is -2.11. The smallest absolute Gasteiger partial charge is 0.227 e. The van der Waals surface area contributed by atoms with E-state index in [2.05, 4.69) is 12.2 Å². The van der Waals surface area contributed by atoms with Crippen LogP contribution in [0, 0.1) is 0 Å². The van der Waals surface area contributed by atoms with Crippen molar-refractivity contribution < 1.29 is 4.79 Å². The van der Waals surface area contributed by atoms with Gasteiger partial charge in [-0.1, -0.05) is 43.7 Å². The van der Waals surface area contributed by atoms with Crippen molar-refractivity contribution in [2.24, 2.45) is 0 Å². The van der Waals surface area contributed by atoms with Gasteiger partial charge in [0.05, 0.1) is 5.92 Å². The zero-order valence-corrected chi connectivity index (χ0v) is 9.49. The number of unbranched alkanes of at least 4 members (excludes halogenated alkanes) is 1. The number of hydrogen-bond donors (Lipinski definition) is 1. The van der Waals surface area contributed by atoms with Gasteiger partial charge < -0.3 is 5.32 Å². The SMILES string of the molecule is CCCCNC(=O)C(C)c1ccccc1. The third-order valence-corrected chi connectivity index (χ3v) is 2.52. The number of carbonyl (C=O) groups excluding carboxylic acids is 1. The molecule has 0 bridgehead atoms. The monoisotopic (exact) mass is 205 g/mol. The van der Waals surface area contributed by atoms with Crippen LogP contribution < -0.4 is 5.32 Å². The van der Waals surface area contributed by atoms with E-state index in [0.29, 0.717) is 0 Å². The lowest BCUT2D eigenvalue weighted by molar-refractivity contribution is -0.122. The van der Waals surface area contributed by atoms with Gasteiger partial charge >= 0.3 is 0 Å². The summed E-state index contributed by atoms with van der Waals surface area (Å²) in [6.07, 6.45) is 2.16. The van der Waals surface area contributed by atoms with Gasteiger partial charge in [-0.05, 0) is 18.9 Å². The predicted molar refractivity (Wildman–Crippen MR) is 62.8 cm³/mol. The Kier molecular flexibility index (Phi) is 4.88. The highest BCUT2D eigenvalue weighted by Gasteiger charge is 2.13. The molecule has 0 aromatic heterocycles. The molecule has 0 spiro atoms. The number of carbonyl (C=O) groups is 1. The van der Waals surface area contributed by atoms with Crippen molar-refractivity contribution in [2.45, 2.75) is 32.6 Å². The lowest BCUT2D eigenvalue weighted by Crippen LogP contribution is -2.28. The molecule has 0 saturated heterocycles. The summed E-state index contributed by atoms with van der Waals surface area (Å²) >= 11 is 0. The van der Waals surface area contributed by atoms with Gasteiger partial charge in [-0.3, -0.25) is 4.79 Å². The van der Waals surface area contributed by atoms with Crippen LogP contribution in [0.25, 0.3) is 0 Å². The maximum atomic E-state index is 11.7. The Morgan fingerprint density at radius 2 is 2.00 bits per heavy atom. The average Bonchev–Trinajstić information content (AvgIpc) is 2.29. The summed E-state index contributed by atoms with van der Waals surface area (Å²) in [5, 5.41) is 2.94. The standard InChI is InChI=1S/C13H19NO/c1-3-4-10-14-13(15)11(2)12-8-6-5-7-9-12/h5-9,11H,3-4,10H2,1-2H3,(H,14,15). The van der Waals surface area contributed by atoms with Gasteiger partial charge in [0.25, 0.3) is 0 Å². The van der Waals surface area contributed by atoms with Gasteiger partial charge in [0.2, 0.25) is 5.91 Å². The fourth-order valence-electron chi connectivity index (χ4n) is 1.43. The summed E-state index contributed by atoms with van der Waals surface area (Å²) in [4.78, 5) is 11.7. The molecule has 2 nitrogen and oxygen atoms in total. The Hall–Kier alpha value is -1.31. The number of benzene rings is 1. The summed E-state index contributed by atoms with van der Waals surface area (Å²) < 4.78 is 0. The van der Waals surface area contributed by atoms with E-state index in [9.17, 15) is 4.79 Å². The van der Waals surface area contributed by atoms with Crippen molar-refractivity contribution in [1.29, 1.82) is 0 Å². The van der Waals surface area contributed by atoms with Gasteiger partial charge in [0, 0.05) is 6.54 Å². The molecule has 0 aliphatic carbocycles. The number of hydrogen-bond acceptors (Lipinski definition) is 1. The number of nitrogens with one attached hydrogen (secondary N) is 1. The van der Waals surface area contributed by atoms with E-state index in [1.54, 1.807) is 0 Å². The molecular formula is C13H19NO. The minimum Gasteiger partial charge on any atom is -0.356 e.